The van der Waals surface area contributed by atoms with E-state index in [9.17, 15) is 65.1 Å². The van der Waals surface area contributed by atoms with Gasteiger partial charge in [0.1, 0.15) is 11.3 Å². The van der Waals surface area contributed by atoms with Crippen LogP contribution >= 0.6 is 11.6 Å². The molecule has 0 atom stereocenters. The van der Waals surface area contributed by atoms with Crippen LogP contribution in [0.1, 0.15) is 180 Å². The van der Waals surface area contributed by atoms with Crippen molar-refractivity contribution in [3.05, 3.63) is 236 Å². The molecule has 0 aliphatic carbocycles. The summed E-state index contributed by atoms with van der Waals surface area (Å²) in [6.07, 6.45) is 1.59. The van der Waals surface area contributed by atoms with Gasteiger partial charge in [0.15, 0.2) is 0 Å². The number of aryl methyl sites for hydroxylation is 4. The summed E-state index contributed by atoms with van der Waals surface area (Å²) in [6, 6.07) is 28.3. The molecule has 0 bridgehead atoms. The number of aromatic nitrogens is 1. The lowest BCUT2D eigenvalue weighted by Crippen LogP contribution is -2.15. The van der Waals surface area contributed by atoms with E-state index in [4.69, 9.17) is 16.3 Å². The third-order valence-electron chi connectivity index (χ3n) is 14.0. The number of rotatable bonds is 7. The number of hydrogen-bond acceptors (Lipinski definition) is 14. The summed E-state index contributed by atoms with van der Waals surface area (Å²) in [5, 5.41) is 64.5. The van der Waals surface area contributed by atoms with Gasteiger partial charge in [-0.25, -0.2) is 4.98 Å². The molecule has 7 rings (SSSR count). The highest BCUT2D eigenvalue weighted by Gasteiger charge is 2.28. The maximum atomic E-state index is 13.5. The molecule has 22 heteroatoms. The number of halogens is 2. The van der Waals surface area contributed by atoms with Crippen molar-refractivity contribution >= 4 is 56.6 Å². The normalized spacial score (nSPS) is 11.5. The van der Waals surface area contributed by atoms with Crippen LogP contribution in [-0.2, 0) is 32.5 Å². The number of pyridine rings is 1. The second-order valence-electron chi connectivity index (χ2n) is 27.7. The summed E-state index contributed by atoms with van der Waals surface area (Å²) in [6.45, 7) is 44.3. The average molecular weight is 1260 g/mol. The zero-order valence-electron chi connectivity index (χ0n) is 56.1. The Hall–Kier alpha value is -8.85. The van der Waals surface area contributed by atoms with Gasteiger partial charge in [-0.3, -0.25) is 60.7 Å². The van der Waals surface area contributed by atoms with Crippen molar-refractivity contribution in [2.45, 2.75) is 185 Å². The lowest BCUT2D eigenvalue weighted by Gasteiger charge is -2.23. The van der Waals surface area contributed by atoms with Crippen LogP contribution in [0.5, 0.6) is 5.75 Å². The molecule has 0 amide bonds. The van der Waals surface area contributed by atoms with Crippen molar-refractivity contribution in [2.75, 3.05) is 7.11 Å². The highest BCUT2D eigenvalue weighted by atomic mass is 35.5. The van der Waals surface area contributed by atoms with Crippen LogP contribution in [-0.4, -0.2) is 41.6 Å². The summed E-state index contributed by atoms with van der Waals surface area (Å²) >= 11 is 5.75. The fourth-order valence-corrected chi connectivity index (χ4v) is 9.96. The Labute approximate surface area is 532 Å². The molecule has 0 spiro atoms. The van der Waals surface area contributed by atoms with E-state index in [-0.39, 0.29) is 85.6 Å². The fraction of sp³-hybridized carbons (Fsp3) is 0.426. The molecule has 1 heterocycles. The van der Waals surface area contributed by atoms with Crippen molar-refractivity contribution in [1.82, 2.24) is 4.98 Å². The fourth-order valence-electron chi connectivity index (χ4n) is 9.51. The molecule has 486 valence electrons. The SMILES string of the molecule is CC(C)(C)c1ccc([N+](=O)[O-])c(F)c1Cl.CC(C)(C)c1ccc([N+](=O)[O-])c2ncccc12.COc1cc([N+](=O)[O-])ccc1C(C)(C)C.Cc1cc(C(C)(C)C)ccc1[N+](=O)[O-].Cc1cc(C(C)(C)C)ccc1[N+](=O)[O-].Cc1cc([N+](=O)[O-])cc(C)c1C(C)(C)C. The van der Waals surface area contributed by atoms with Crippen LogP contribution < -0.4 is 4.74 Å². The Balaban J connectivity index is 0.000000369. The molecule has 0 fully saturated rings. The Bertz CT molecular complexity index is 3670. The second kappa shape index (κ2) is 30.6. The highest BCUT2D eigenvalue weighted by Crippen LogP contribution is 2.38. The van der Waals surface area contributed by atoms with Gasteiger partial charge >= 0.3 is 5.69 Å². The maximum absolute atomic E-state index is 13.5. The molecule has 0 aliphatic heterocycles. The molecule has 0 saturated heterocycles. The molecule has 1 aromatic heterocycles. The number of nitro benzene ring substituents is 6. The third kappa shape index (κ3) is 21.7. The molecule has 6 aromatic carbocycles. The number of fused-ring (bicyclic) bond motifs is 1. The van der Waals surface area contributed by atoms with Crippen molar-refractivity contribution in [2.24, 2.45) is 0 Å². The van der Waals surface area contributed by atoms with Crippen molar-refractivity contribution in [3.63, 3.8) is 0 Å². The first-order valence-electron chi connectivity index (χ1n) is 28.7. The lowest BCUT2D eigenvalue weighted by molar-refractivity contribution is -0.387. The minimum atomic E-state index is -0.964. The smallest absolute Gasteiger partial charge is 0.306 e. The number of non-ortho nitro benzene ring substituents is 3. The topological polar surface area (TPSA) is 281 Å². The summed E-state index contributed by atoms with van der Waals surface area (Å²) in [4.78, 5) is 65.3. The third-order valence-corrected chi connectivity index (χ3v) is 14.4. The van der Waals surface area contributed by atoms with Crippen LogP contribution in [0.3, 0.4) is 0 Å². The Morgan fingerprint density at radius 2 is 0.789 bits per heavy atom. The van der Waals surface area contributed by atoms with E-state index in [0.717, 1.165) is 56.0 Å². The lowest BCUT2D eigenvalue weighted by atomic mass is 9.81. The van der Waals surface area contributed by atoms with Gasteiger partial charge in [-0.1, -0.05) is 160 Å². The van der Waals surface area contributed by atoms with Crippen LogP contribution in [0, 0.1) is 94.2 Å². The van der Waals surface area contributed by atoms with Crippen LogP contribution in [0.4, 0.5) is 38.5 Å². The first-order chi connectivity index (χ1) is 40.9. The van der Waals surface area contributed by atoms with Gasteiger partial charge < -0.3 is 4.74 Å². The zero-order valence-corrected chi connectivity index (χ0v) is 56.8. The van der Waals surface area contributed by atoms with Gasteiger partial charge in [-0.05, 0) is 135 Å². The number of hydrogen-bond donors (Lipinski definition) is 0. The van der Waals surface area contributed by atoms with E-state index in [1.807, 2.05) is 91.8 Å². The largest absolute Gasteiger partial charge is 0.496 e. The molecule has 0 aliphatic rings. The van der Waals surface area contributed by atoms with Gasteiger partial charge in [0.2, 0.25) is 5.82 Å². The molecule has 20 nitrogen and oxygen atoms in total. The van der Waals surface area contributed by atoms with Crippen LogP contribution in [0.25, 0.3) is 10.9 Å². The second-order valence-corrected chi connectivity index (χ2v) is 28.1. The number of nitro groups is 6. The summed E-state index contributed by atoms with van der Waals surface area (Å²) in [5.74, 6) is -0.397. The van der Waals surface area contributed by atoms with Crippen molar-refractivity contribution in [1.29, 1.82) is 0 Å². The molecule has 0 unspecified atom stereocenters. The molecule has 7 aromatic rings. The first kappa shape index (κ1) is 77.2. The van der Waals surface area contributed by atoms with Crippen LogP contribution in [0.15, 0.2) is 109 Å². The summed E-state index contributed by atoms with van der Waals surface area (Å²) in [7, 11) is 1.52. The Morgan fingerprint density at radius 3 is 1.13 bits per heavy atom. The van der Waals surface area contributed by atoms with Gasteiger partial charge in [0.05, 0.1) is 47.7 Å². The summed E-state index contributed by atoms with van der Waals surface area (Å²) in [5.41, 5.74) is 9.68. The monoisotopic (exact) mass is 1260 g/mol. The van der Waals surface area contributed by atoms with E-state index in [1.54, 1.807) is 56.4 Å². The molecule has 0 saturated carbocycles. The molecule has 0 N–H and O–H groups in total. The number of nitrogens with zero attached hydrogens (tertiary/aromatic N) is 7. The first-order valence-corrected chi connectivity index (χ1v) is 29.0. The molecule has 0 radical (unpaired) electrons. The minimum absolute atomic E-state index is 0.0310. The number of methoxy groups -OCH3 is 1. The van der Waals surface area contributed by atoms with E-state index >= 15 is 0 Å². The standard InChI is InChI=1S/C13H14N2O2.C12H17NO2.C11H15NO3.2C11H15NO2.C10H11ClFNO2/c1-13(2,3)10-6-7-11(15(16)17)12-9(10)5-4-8-14-12;1-8-6-10(13(14)15)7-9(2)11(8)12(3,4)5;1-11(2,3)9-6-5-8(12(13)14)7-10(9)15-4;2*1-8-7-9(11(2,3)4)5-6-10(8)12(13)14;1-10(2,3)6-4-5-7(13(14)15)9(12)8(6)11/h4-8H,1-3H3;6-7H,1-5H3;5-7H,1-4H3;2*5-7H,1-4H3;4-5H,1-3H3. The Morgan fingerprint density at radius 1 is 0.411 bits per heavy atom. The molecule has 90 heavy (non-hydrogen) atoms. The summed E-state index contributed by atoms with van der Waals surface area (Å²) < 4.78 is 18.6. The number of ether oxygens (including phenoxy) is 1. The van der Waals surface area contributed by atoms with E-state index in [2.05, 4.69) is 88.1 Å². The van der Waals surface area contributed by atoms with Crippen molar-refractivity contribution < 1.29 is 38.7 Å². The predicted molar refractivity (Wildman–Crippen MR) is 357 cm³/mol. The maximum Gasteiger partial charge on any atom is 0.306 e. The minimum Gasteiger partial charge on any atom is -0.496 e. The average Bonchev–Trinajstić information content (AvgIpc) is 0.816. The molecular formula is C68H87ClFN7O13. The van der Waals surface area contributed by atoms with E-state index in [1.165, 1.54) is 36.9 Å². The highest BCUT2D eigenvalue weighted by molar-refractivity contribution is 6.31. The van der Waals surface area contributed by atoms with E-state index < -0.39 is 21.4 Å². The van der Waals surface area contributed by atoms with Gasteiger partial charge in [0, 0.05) is 65.2 Å². The van der Waals surface area contributed by atoms with Crippen LogP contribution in [0.2, 0.25) is 5.02 Å². The quantitative estimate of drug-likeness (QED) is 0.106. The van der Waals surface area contributed by atoms with Crippen molar-refractivity contribution in [3.8, 4) is 5.75 Å². The number of benzene rings is 6. The molecular weight excluding hydrogens is 1180 g/mol. The van der Waals surface area contributed by atoms with E-state index in [0.29, 0.717) is 16.8 Å². The van der Waals surface area contributed by atoms with Gasteiger partial charge in [-0.2, -0.15) is 4.39 Å². The van der Waals surface area contributed by atoms with Gasteiger partial charge in [0.25, 0.3) is 28.4 Å². The van der Waals surface area contributed by atoms with Gasteiger partial charge in [-0.15, -0.1) is 0 Å². The Kier molecular flexibility index (Phi) is 26.2. The predicted octanol–water partition coefficient (Wildman–Crippen LogP) is 19.9. The zero-order chi connectivity index (χ0) is 69.7.